The number of H-pyrrole nitrogens is 1. The van der Waals surface area contributed by atoms with Crippen molar-refractivity contribution in [1.82, 2.24) is 9.78 Å². The Hall–Kier alpha value is -1.77. The summed E-state index contributed by atoms with van der Waals surface area (Å²) in [6, 6.07) is 9.78. The van der Waals surface area contributed by atoms with Gasteiger partial charge in [-0.3, -0.25) is 14.6 Å². The molecule has 0 bridgehead atoms. The first-order valence-electron chi connectivity index (χ1n) is 4.55. The van der Waals surface area contributed by atoms with Crippen molar-refractivity contribution >= 4 is 0 Å². The monoisotopic (exact) mass is 188 g/mol. The molecule has 0 atom stereocenters. The number of benzene rings is 1. The second-order valence-corrected chi connectivity index (χ2v) is 3.41. The molecular weight excluding hydrogens is 176 g/mol. The Labute approximate surface area is 82.0 Å². The van der Waals surface area contributed by atoms with Crippen molar-refractivity contribution < 1.29 is 0 Å². The number of aryl methyl sites for hydroxylation is 1. The van der Waals surface area contributed by atoms with Crippen molar-refractivity contribution in [1.29, 1.82) is 0 Å². The summed E-state index contributed by atoms with van der Waals surface area (Å²) in [5.41, 5.74) is 2.37. The summed E-state index contributed by atoms with van der Waals surface area (Å²) in [4.78, 5) is 10.9. The van der Waals surface area contributed by atoms with Gasteiger partial charge in [-0.1, -0.05) is 29.8 Å². The minimum absolute atomic E-state index is 0.0582. The van der Waals surface area contributed by atoms with Crippen molar-refractivity contribution in [2.45, 2.75) is 13.5 Å². The Morgan fingerprint density at radius 2 is 1.93 bits per heavy atom. The molecule has 0 saturated carbocycles. The Bertz CT molecular complexity index is 465. The fraction of sp³-hybridized carbons (Fsp3) is 0.182. The normalized spacial score (nSPS) is 10.4. The first kappa shape index (κ1) is 8.81. The molecule has 1 aromatic carbocycles. The predicted octanol–water partition coefficient (Wildman–Crippen LogP) is 1.53. The van der Waals surface area contributed by atoms with E-state index < -0.39 is 0 Å². The lowest BCUT2D eigenvalue weighted by molar-refractivity contribution is 0.679. The van der Waals surface area contributed by atoms with E-state index in [1.807, 2.05) is 0 Å². The fourth-order valence-electron chi connectivity index (χ4n) is 1.36. The van der Waals surface area contributed by atoms with Crippen LogP contribution in [0.2, 0.25) is 0 Å². The molecule has 0 amide bonds. The van der Waals surface area contributed by atoms with E-state index in [2.05, 4.69) is 36.3 Å². The molecule has 0 aliphatic heterocycles. The van der Waals surface area contributed by atoms with Gasteiger partial charge < -0.3 is 0 Å². The molecule has 3 heteroatoms. The van der Waals surface area contributed by atoms with Crippen molar-refractivity contribution in [3.63, 3.8) is 0 Å². The molecule has 0 unspecified atom stereocenters. The zero-order valence-corrected chi connectivity index (χ0v) is 8.03. The van der Waals surface area contributed by atoms with Crippen LogP contribution in [0, 0.1) is 6.92 Å². The Kier molecular flexibility index (Phi) is 2.23. The van der Waals surface area contributed by atoms with E-state index in [0.717, 1.165) is 0 Å². The van der Waals surface area contributed by atoms with Gasteiger partial charge in [0, 0.05) is 12.3 Å². The highest BCUT2D eigenvalue weighted by molar-refractivity contribution is 5.21. The number of nitrogens with zero attached hydrogens (tertiary/aromatic N) is 1. The van der Waals surface area contributed by atoms with Crippen LogP contribution in [0.4, 0.5) is 0 Å². The second kappa shape index (κ2) is 3.54. The summed E-state index contributed by atoms with van der Waals surface area (Å²) in [7, 11) is 0. The number of aromatic nitrogens is 2. The standard InChI is InChI=1S/C11H12N2O/c1-9-2-4-10(5-3-9)8-13-7-6-11(14)12-13/h2-7H,8H2,1H3,(H,12,14). The average Bonchev–Trinajstić information content (AvgIpc) is 2.56. The molecule has 0 fully saturated rings. The zero-order valence-electron chi connectivity index (χ0n) is 8.03. The third-order valence-corrected chi connectivity index (χ3v) is 2.13. The molecule has 14 heavy (non-hydrogen) atoms. The van der Waals surface area contributed by atoms with E-state index in [1.54, 1.807) is 10.9 Å². The highest BCUT2D eigenvalue weighted by Gasteiger charge is 1.94. The molecular formula is C11H12N2O. The molecule has 1 N–H and O–H groups in total. The third kappa shape index (κ3) is 1.93. The largest absolute Gasteiger partial charge is 0.288 e. The van der Waals surface area contributed by atoms with Gasteiger partial charge in [-0.2, -0.15) is 0 Å². The minimum Gasteiger partial charge on any atom is -0.288 e. The van der Waals surface area contributed by atoms with Crippen LogP contribution in [-0.2, 0) is 6.54 Å². The van der Waals surface area contributed by atoms with Crippen LogP contribution < -0.4 is 5.56 Å². The molecule has 0 aliphatic rings. The van der Waals surface area contributed by atoms with Crippen molar-refractivity contribution in [3.05, 3.63) is 58.0 Å². The SMILES string of the molecule is Cc1ccc(Cn2ccc(=O)[nH]2)cc1. The number of nitrogens with one attached hydrogen (secondary N) is 1. The van der Waals surface area contributed by atoms with Gasteiger partial charge in [0.05, 0.1) is 6.54 Å². The quantitative estimate of drug-likeness (QED) is 0.762. The molecule has 1 aromatic heterocycles. The Morgan fingerprint density at radius 3 is 2.50 bits per heavy atom. The molecule has 0 spiro atoms. The fourth-order valence-corrected chi connectivity index (χ4v) is 1.36. The lowest BCUT2D eigenvalue weighted by atomic mass is 10.1. The van der Waals surface area contributed by atoms with E-state index >= 15 is 0 Å². The molecule has 2 rings (SSSR count). The molecule has 2 aromatic rings. The minimum atomic E-state index is -0.0582. The van der Waals surface area contributed by atoms with Gasteiger partial charge in [0.25, 0.3) is 5.56 Å². The van der Waals surface area contributed by atoms with Crippen LogP contribution in [0.15, 0.2) is 41.3 Å². The maximum Gasteiger partial charge on any atom is 0.264 e. The maximum absolute atomic E-state index is 10.9. The molecule has 0 aliphatic carbocycles. The Balaban J connectivity index is 2.19. The zero-order chi connectivity index (χ0) is 9.97. The molecule has 72 valence electrons. The summed E-state index contributed by atoms with van der Waals surface area (Å²) < 4.78 is 1.77. The molecule has 3 nitrogen and oxygen atoms in total. The van der Waals surface area contributed by atoms with E-state index in [-0.39, 0.29) is 5.56 Å². The first-order valence-corrected chi connectivity index (χ1v) is 4.55. The average molecular weight is 188 g/mol. The second-order valence-electron chi connectivity index (χ2n) is 3.41. The van der Waals surface area contributed by atoms with Crippen LogP contribution in [0.5, 0.6) is 0 Å². The van der Waals surface area contributed by atoms with Gasteiger partial charge in [0.15, 0.2) is 0 Å². The topological polar surface area (TPSA) is 37.8 Å². The van der Waals surface area contributed by atoms with Gasteiger partial charge in [-0.05, 0) is 12.5 Å². The highest BCUT2D eigenvalue weighted by Crippen LogP contribution is 2.03. The summed E-state index contributed by atoms with van der Waals surface area (Å²) in [5, 5.41) is 2.70. The van der Waals surface area contributed by atoms with E-state index in [9.17, 15) is 4.79 Å². The van der Waals surface area contributed by atoms with Crippen LogP contribution in [0.3, 0.4) is 0 Å². The van der Waals surface area contributed by atoms with Crippen LogP contribution in [0.1, 0.15) is 11.1 Å². The van der Waals surface area contributed by atoms with Crippen LogP contribution >= 0.6 is 0 Å². The number of rotatable bonds is 2. The van der Waals surface area contributed by atoms with E-state index in [4.69, 9.17) is 0 Å². The lowest BCUT2D eigenvalue weighted by Crippen LogP contribution is -2.06. The van der Waals surface area contributed by atoms with Crippen LogP contribution in [0.25, 0.3) is 0 Å². The molecule has 1 heterocycles. The predicted molar refractivity (Wildman–Crippen MR) is 55.3 cm³/mol. The number of aromatic amines is 1. The molecule has 0 saturated heterocycles. The molecule has 0 radical (unpaired) electrons. The number of hydrogen-bond acceptors (Lipinski definition) is 1. The van der Waals surface area contributed by atoms with Gasteiger partial charge in [-0.15, -0.1) is 0 Å². The van der Waals surface area contributed by atoms with Crippen molar-refractivity contribution in [3.8, 4) is 0 Å². The van der Waals surface area contributed by atoms with Crippen molar-refractivity contribution in [2.75, 3.05) is 0 Å². The van der Waals surface area contributed by atoms with Gasteiger partial charge in [0.2, 0.25) is 0 Å². The van der Waals surface area contributed by atoms with Gasteiger partial charge in [-0.25, -0.2) is 0 Å². The smallest absolute Gasteiger partial charge is 0.264 e. The summed E-state index contributed by atoms with van der Waals surface area (Å²) >= 11 is 0. The van der Waals surface area contributed by atoms with Crippen molar-refractivity contribution in [2.24, 2.45) is 0 Å². The third-order valence-electron chi connectivity index (χ3n) is 2.13. The van der Waals surface area contributed by atoms with Gasteiger partial charge in [0.1, 0.15) is 0 Å². The lowest BCUT2D eigenvalue weighted by Gasteiger charge is -2.02. The van der Waals surface area contributed by atoms with E-state index in [1.165, 1.54) is 17.2 Å². The Morgan fingerprint density at radius 1 is 1.21 bits per heavy atom. The first-order chi connectivity index (χ1) is 6.74. The highest BCUT2D eigenvalue weighted by atomic mass is 16.1. The summed E-state index contributed by atoms with van der Waals surface area (Å²) in [6.45, 7) is 2.77. The summed E-state index contributed by atoms with van der Waals surface area (Å²) in [6.07, 6.45) is 1.75. The maximum atomic E-state index is 10.9. The number of hydrogen-bond donors (Lipinski definition) is 1. The van der Waals surface area contributed by atoms with Gasteiger partial charge >= 0.3 is 0 Å². The van der Waals surface area contributed by atoms with Crippen LogP contribution in [-0.4, -0.2) is 9.78 Å². The van der Waals surface area contributed by atoms with E-state index in [0.29, 0.717) is 6.54 Å². The summed E-state index contributed by atoms with van der Waals surface area (Å²) in [5.74, 6) is 0.